The fourth-order valence-electron chi connectivity index (χ4n) is 5.36. The van der Waals surface area contributed by atoms with Gasteiger partial charge in [0.15, 0.2) is 0 Å². The number of hydrogen-bond acceptors (Lipinski definition) is 5. The summed E-state index contributed by atoms with van der Waals surface area (Å²) in [6.45, 7) is 11.5. The lowest BCUT2D eigenvalue weighted by molar-refractivity contribution is 0.233. The van der Waals surface area contributed by atoms with E-state index in [2.05, 4.69) is 88.7 Å². The third kappa shape index (κ3) is 7.67. The summed E-state index contributed by atoms with van der Waals surface area (Å²) in [5.74, 6) is 2.34. The smallest absolute Gasteiger partial charge is 0.124 e. The third-order valence-corrected chi connectivity index (χ3v) is 7.40. The van der Waals surface area contributed by atoms with Gasteiger partial charge in [0.1, 0.15) is 11.6 Å². The lowest BCUT2D eigenvalue weighted by Crippen LogP contribution is -2.27. The number of aromatic nitrogens is 4. The fraction of sp³-hybridized carbons (Fsp3) is 0.412. The second-order valence-corrected chi connectivity index (χ2v) is 10.6. The number of anilines is 2. The first-order valence-electron chi connectivity index (χ1n) is 15.2. The van der Waals surface area contributed by atoms with Crippen LogP contribution in [0, 0.1) is 0 Å². The molecule has 0 aliphatic rings. The molecule has 0 amide bonds. The second kappa shape index (κ2) is 15.2. The molecule has 0 spiro atoms. The molecule has 2 heterocycles. The highest BCUT2D eigenvalue weighted by atomic mass is 15.2. The number of para-hydroxylation sites is 6. The van der Waals surface area contributed by atoms with E-state index >= 15 is 0 Å². The first-order chi connectivity index (χ1) is 20.1. The predicted molar refractivity (Wildman–Crippen MR) is 174 cm³/mol. The molecule has 0 fully saturated rings. The Labute approximate surface area is 245 Å². The van der Waals surface area contributed by atoms with Gasteiger partial charge in [-0.15, -0.1) is 0 Å². The molecular formula is C34H47N7. The van der Waals surface area contributed by atoms with E-state index in [9.17, 15) is 0 Å². The maximum Gasteiger partial charge on any atom is 0.124 e. The van der Waals surface area contributed by atoms with E-state index in [-0.39, 0.29) is 0 Å². The Bertz CT molecular complexity index is 1410. The van der Waals surface area contributed by atoms with Gasteiger partial charge in [-0.2, -0.15) is 0 Å². The first kappa shape index (κ1) is 30.1. The summed E-state index contributed by atoms with van der Waals surface area (Å²) in [5, 5.41) is 2.97. The minimum atomic E-state index is 0.792. The van der Waals surface area contributed by atoms with Crippen molar-refractivity contribution in [3.63, 3.8) is 0 Å². The van der Waals surface area contributed by atoms with Crippen LogP contribution in [0.3, 0.4) is 0 Å². The maximum absolute atomic E-state index is 5.57. The number of nitrogens with zero attached hydrogens (tertiary/aromatic N) is 5. The number of nitrogens with two attached hydrogens (primary N) is 1. The van der Waals surface area contributed by atoms with Crippen molar-refractivity contribution in [3.05, 3.63) is 84.4 Å². The number of nitrogens with one attached hydrogen (secondary N) is 1. The summed E-state index contributed by atoms with van der Waals surface area (Å²) in [4.78, 5) is 12.6. The van der Waals surface area contributed by atoms with Crippen LogP contribution in [0.15, 0.2) is 72.8 Å². The van der Waals surface area contributed by atoms with Crippen LogP contribution in [0.4, 0.5) is 11.4 Å². The molecule has 5 aromatic rings. The quantitative estimate of drug-likeness (QED) is 0.115. The maximum atomic E-state index is 5.57. The van der Waals surface area contributed by atoms with Gasteiger partial charge in [-0.25, -0.2) is 9.97 Å². The van der Waals surface area contributed by atoms with Crippen LogP contribution < -0.4 is 11.1 Å². The van der Waals surface area contributed by atoms with Gasteiger partial charge in [-0.3, -0.25) is 4.90 Å². The molecular weight excluding hydrogens is 506 g/mol. The van der Waals surface area contributed by atoms with Crippen LogP contribution in [-0.4, -0.2) is 37.6 Å². The molecule has 0 saturated carbocycles. The van der Waals surface area contributed by atoms with E-state index < -0.39 is 0 Å². The van der Waals surface area contributed by atoms with Crippen molar-refractivity contribution in [3.8, 4) is 0 Å². The van der Waals surface area contributed by atoms with Crippen molar-refractivity contribution in [2.45, 2.75) is 79.1 Å². The number of aryl methyl sites for hydroxylation is 2. The lowest BCUT2D eigenvalue weighted by atomic mass is 10.2. The molecule has 41 heavy (non-hydrogen) atoms. The highest BCUT2D eigenvalue weighted by molar-refractivity contribution is 5.76. The second-order valence-electron chi connectivity index (χ2n) is 10.6. The molecule has 3 aromatic carbocycles. The molecule has 0 aliphatic carbocycles. The van der Waals surface area contributed by atoms with Crippen molar-refractivity contribution in [1.82, 2.24) is 24.0 Å². The van der Waals surface area contributed by atoms with Gasteiger partial charge in [0.25, 0.3) is 0 Å². The predicted octanol–water partition coefficient (Wildman–Crippen LogP) is 7.71. The zero-order chi connectivity index (χ0) is 29.0. The van der Waals surface area contributed by atoms with Gasteiger partial charge in [-0.1, -0.05) is 70.0 Å². The van der Waals surface area contributed by atoms with E-state index in [0.29, 0.717) is 0 Å². The van der Waals surface area contributed by atoms with Crippen LogP contribution in [-0.2, 0) is 26.2 Å². The normalized spacial score (nSPS) is 11.2. The largest absolute Gasteiger partial charge is 0.397 e. The van der Waals surface area contributed by atoms with Gasteiger partial charge in [0.05, 0.1) is 46.5 Å². The number of hydrogen-bond donors (Lipinski definition) is 2. The molecule has 5 rings (SSSR count). The van der Waals surface area contributed by atoms with E-state index in [1.165, 1.54) is 41.9 Å². The van der Waals surface area contributed by atoms with Crippen LogP contribution in [0.2, 0.25) is 0 Å². The standard InChI is InChI=1S/C27H37N5.C7H10N2/c1-4-7-12-19-30(20-26-28-22-13-8-10-15-24(22)31(26)17-5-2)21-27-29-23-14-9-11-16-25(23)32(27)18-6-3;1-9-7-5-3-2-4-6(7)8/h8-11,13-16H,4-7,12,17-21H2,1-3H3;2-5,9H,8H2,1H3. The summed E-state index contributed by atoms with van der Waals surface area (Å²) in [7, 11) is 1.85. The Balaban J connectivity index is 0.000000367. The molecule has 218 valence electrons. The third-order valence-electron chi connectivity index (χ3n) is 7.40. The molecule has 2 aromatic heterocycles. The lowest BCUT2D eigenvalue weighted by Gasteiger charge is -2.23. The van der Waals surface area contributed by atoms with Crippen molar-refractivity contribution in [1.29, 1.82) is 0 Å². The average molecular weight is 554 g/mol. The summed E-state index contributed by atoms with van der Waals surface area (Å²) in [6, 6.07) is 24.7. The van der Waals surface area contributed by atoms with Crippen molar-refractivity contribution < 1.29 is 0 Å². The Morgan fingerprint density at radius 1 is 0.683 bits per heavy atom. The van der Waals surface area contributed by atoms with E-state index in [4.69, 9.17) is 15.7 Å². The summed E-state index contributed by atoms with van der Waals surface area (Å²) >= 11 is 0. The molecule has 0 atom stereocenters. The Morgan fingerprint density at radius 3 is 1.66 bits per heavy atom. The van der Waals surface area contributed by atoms with Gasteiger partial charge >= 0.3 is 0 Å². The van der Waals surface area contributed by atoms with Crippen LogP contribution >= 0.6 is 0 Å². The van der Waals surface area contributed by atoms with Crippen LogP contribution in [0.5, 0.6) is 0 Å². The van der Waals surface area contributed by atoms with Gasteiger partial charge in [0.2, 0.25) is 0 Å². The highest BCUT2D eigenvalue weighted by Crippen LogP contribution is 2.22. The van der Waals surface area contributed by atoms with Gasteiger partial charge < -0.3 is 20.2 Å². The molecule has 0 aliphatic heterocycles. The van der Waals surface area contributed by atoms with E-state index in [0.717, 1.165) is 68.0 Å². The van der Waals surface area contributed by atoms with Gasteiger partial charge in [0, 0.05) is 20.1 Å². The summed E-state index contributed by atoms with van der Waals surface area (Å²) < 4.78 is 4.83. The average Bonchev–Trinajstić information content (AvgIpc) is 3.51. The molecule has 0 radical (unpaired) electrons. The van der Waals surface area contributed by atoms with E-state index in [1.54, 1.807) is 0 Å². The van der Waals surface area contributed by atoms with Crippen molar-refractivity contribution in [2.24, 2.45) is 0 Å². The zero-order valence-electron chi connectivity index (χ0n) is 25.3. The van der Waals surface area contributed by atoms with E-state index in [1.807, 2.05) is 31.3 Å². The molecule has 0 saturated heterocycles. The SMILES string of the molecule is CCCCCN(Cc1nc2ccccc2n1CCC)Cc1nc2ccccc2n1CCC.CNc1ccccc1N. The van der Waals surface area contributed by atoms with Gasteiger partial charge in [-0.05, 0) is 62.2 Å². The number of fused-ring (bicyclic) bond motifs is 2. The number of rotatable bonds is 13. The highest BCUT2D eigenvalue weighted by Gasteiger charge is 2.18. The van der Waals surface area contributed by atoms with Crippen LogP contribution in [0.25, 0.3) is 22.1 Å². The zero-order valence-corrected chi connectivity index (χ0v) is 25.3. The molecule has 3 N–H and O–H groups in total. The van der Waals surface area contributed by atoms with Crippen molar-refractivity contribution in [2.75, 3.05) is 24.6 Å². The Hall–Kier alpha value is -3.84. The molecule has 7 heteroatoms. The van der Waals surface area contributed by atoms with Crippen LogP contribution in [0.1, 0.15) is 64.5 Å². The first-order valence-corrected chi connectivity index (χ1v) is 15.2. The summed E-state index contributed by atoms with van der Waals surface area (Å²) in [6.07, 6.45) is 5.91. The number of imidazole rings is 2. The Morgan fingerprint density at radius 2 is 1.20 bits per heavy atom. The fourth-order valence-corrected chi connectivity index (χ4v) is 5.36. The molecule has 0 unspecified atom stereocenters. The number of unbranched alkanes of at least 4 members (excludes halogenated alkanes) is 2. The number of benzene rings is 3. The van der Waals surface area contributed by atoms with Crippen molar-refractivity contribution >= 4 is 33.4 Å². The molecule has 0 bridgehead atoms. The minimum Gasteiger partial charge on any atom is -0.397 e. The minimum absolute atomic E-state index is 0.792. The Kier molecular flexibility index (Phi) is 11.2. The summed E-state index contributed by atoms with van der Waals surface area (Å²) in [5.41, 5.74) is 12.0. The molecule has 7 nitrogen and oxygen atoms in total. The topological polar surface area (TPSA) is 76.9 Å². The monoisotopic (exact) mass is 553 g/mol. The number of nitrogen functional groups attached to an aromatic ring is 1.